The number of amides is 2. The van der Waals surface area contributed by atoms with Gasteiger partial charge in [-0.05, 0) is 65.8 Å². The van der Waals surface area contributed by atoms with E-state index >= 15 is 0 Å². The first-order valence-electron chi connectivity index (χ1n) is 15.2. The van der Waals surface area contributed by atoms with Gasteiger partial charge in [0, 0.05) is 37.0 Å². The van der Waals surface area contributed by atoms with E-state index < -0.39 is 23.7 Å². The van der Waals surface area contributed by atoms with Gasteiger partial charge in [0.2, 0.25) is 5.95 Å². The van der Waals surface area contributed by atoms with Gasteiger partial charge >= 0.3 is 12.1 Å². The number of hydrogen-bond donors (Lipinski definition) is 2. The van der Waals surface area contributed by atoms with Crippen molar-refractivity contribution in [1.82, 2.24) is 20.2 Å². The summed E-state index contributed by atoms with van der Waals surface area (Å²) in [6.07, 6.45) is 2.27. The van der Waals surface area contributed by atoms with Gasteiger partial charge < -0.3 is 25.4 Å². The summed E-state index contributed by atoms with van der Waals surface area (Å²) in [5.41, 5.74) is 9.51. The molecule has 2 amide bonds. The summed E-state index contributed by atoms with van der Waals surface area (Å²) >= 11 is 0. The topological polar surface area (TPSA) is 137 Å². The van der Waals surface area contributed by atoms with Crippen LogP contribution in [0.2, 0.25) is 0 Å². The van der Waals surface area contributed by atoms with Crippen LogP contribution in [0.25, 0.3) is 22.0 Å². The molecule has 0 aliphatic carbocycles. The van der Waals surface area contributed by atoms with Crippen LogP contribution >= 0.6 is 0 Å². The van der Waals surface area contributed by atoms with Crippen molar-refractivity contribution in [3.05, 3.63) is 88.6 Å². The summed E-state index contributed by atoms with van der Waals surface area (Å²) in [5, 5.41) is 3.02. The van der Waals surface area contributed by atoms with Gasteiger partial charge in [0.05, 0.1) is 12.1 Å². The lowest BCUT2D eigenvalue weighted by molar-refractivity contribution is -0.145. The predicted octanol–water partition coefficient (Wildman–Crippen LogP) is 6.05. The lowest BCUT2D eigenvalue weighted by Crippen LogP contribution is -2.27. The van der Waals surface area contributed by atoms with Crippen LogP contribution in [-0.2, 0) is 34.0 Å². The lowest BCUT2D eigenvalue weighted by Gasteiger charge is -2.17. The Morgan fingerprint density at radius 2 is 1.67 bits per heavy atom. The Labute approximate surface area is 264 Å². The monoisotopic (exact) mass is 631 g/mol. The molecule has 4 aromatic rings. The fraction of sp³-hybridized carbons (Fsp3) is 0.324. The first-order valence-corrected chi connectivity index (χ1v) is 15.2. The molecule has 0 unspecified atom stereocenters. The number of nitrogens with zero attached hydrogens (tertiary/aromatic N) is 3. The fourth-order valence-electron chi connectivity index (χ4n) is 5.26. The zero-order valence-corrected chi connectivity index (χ0v) is 25.5. The molecule has 3 aromatic carbocycles. The standard InChI is InChI=1S/C34H35F2N5O5/c1-2-3-14-45-34(44)38-13-7-6-10-30(42)46-20-24-16-27(35)28(36)17-25(24)21-11-12-29-26(15-21)31(40-33(37)39-29)32(43)41-18-22-8-4-5-9-23(22)19-41/h4-5,8-9,11-12,15-17H,2-3,6-7,10,13-14,18-20H2,1H3,(H,38,44)(H2,37,39,40). The van der Waals surface area contributed by atoms with Crippen LogP contribution in [-0.4, -0.2) is 46.0 Å². The second kappa shape index (κ2) is 14.8. The molecule has 0 bridgehead atoms. The molecule has 0 saturated carbocycles. The Hall–Kier alpha value is -5.13. The number of esters is 1. The van der Waals surface area contributed by atoms with Gasteiger partial charge in [-0.1, -0.05) is 43.7 Å². The van der Waals surface area contributed by atoms with Crippen LogP contribution in [0, 0.1) is 11.6 Å². The van der Waals surface area contributed by atoms with E-state index in [1.807, 2.05) is 31.2 Å². The number of anilines is 1. The number of carbonyl (C=O) groups is 3. The second-order valence-corrected chi connectivity index (χ2v) is 11.0. The highest BCUT2D eigenvalue weighted by molar-refractivity contribution is 6.06. The third-order valence-electron chi connectivity index (χ3n) is 7.70. The van der Waals surface area contributed by atoms with Gasteiger partial charge in [0.1, 0.15) is 12.3 Å². The maximum atomic E-state index is 14.5. The molecule has 3 N–H and O–H groups in total. The number of rotatable bonds is 12. The van der Waals surface area contributed by atoms with Gasteiger partial charge in [-0.15, -0.1) is 0 Å². The number of alkyl carbamates (subject to hydrolysis) is 1. The minimum absolute atomic E-state index is 0.0663. The number of aromatic nitrogens is 2. The van der Waals surface area contributed by atoms with E-state index in [4.69, 9.17) is 15.2 Å². The summed E-state index contributed by atoms with van der Waals surface area (Å²) in [4.78, 5) is 47.9. The molecule has 2 heterocycles. The molecule has 10 nitrogen and oxygen atoms in total. The number of nitrogens with one attached hydrogen (secondary N) is 1. The van der Waals surface area contributed by atoms with E-state index in [0.717, 1.165) is 36.1 Å². The number of carbonyl (C=O) groups excluding carboxylic acids is 3. The first-order chi connectivity index (χ1) is 22.2. The van der Waals surface area contributed by atoms with Crippen LogP contribution in [0.5, 0.6) is 0 Å². The molecule has 12 heteroatoms. The molecule has 1 aliphatic heterocycles. The van der Waals surface area contributed by atoms with Gasteiger partial charge in [0.15, 0.2) is 11.6 Å². The molecular formula is C34H35F2N5O5. The zero-order valence-electron chi connectivity index (χ0n) is 25.5. The van der Waals surface area contributed by atoms with Crippen molar-refractivity contribution in [3.63, 3.8) is 0 Å². The number of nitrogen functional groups attached to an aromatic ring is 1. The quantitative estimate of drug-likeness (QED) is 0.142. The Bertz CT molecular complexity index is 1740. The van der Waals surface area contributed by atoms with Crippen LogP contribution in [0.4, 0.5) is 19.5 Å². The SMILES string of the molecule is CCCCOC(=O)NCCCCC(=O)OCc1cc(F)c(F)cc1-c1ccc2nc(N)nc(C(=O)N3Cc4ccccc4C3)c2c1. The van der Waals surface area contributed by atoms with Gasteiger partial charge in [-0.2, -0.15) is 0 Å². The molecule has 1 aromatic heterocycles. The van der Waals surface area contributed by atoms with E-state index in [2.05, 4.69) is 15.3 Å². The highest BCUT2D eigenvalue weighted by atomic mass is 19.2. The minimum Gasteiger partial charge on any atom is -0.461 e. The molecule has 0 radical (unpaired) electrons. The summed E-state index contributed by atoms with van der Waals surface area (Å²) in [6, 6.07) is 14.7. The van der Waals surface area contributed by atoms with Gasteiger partial charge in [-0.25, -0.2) is 23.5 Å². The number of benzene rings is 3. The number of ether oxygens (including phenoxy) is 2. The molecular weight excluding hydrogens is 596 g/mol. The van der Waals surface area contributed by atoms with Crippen LogP contribution in [0.1, 0.15) is 66.2 Å². The number of fused-ring (bicyclic) bond motifs is 2. The van der Waals surface area contributed by atoms with E-state index in [1.165, 1.54) is 0 Å². The Kier molecular flexibility index (Phi) is 10.4. The first kappa shape index (κ1) is 32.3. The van der Waals surface area contributed by atoms with Crippen molar-refractivity contribution in [2.24, 2.45) is 0 Å². The van der Waals surface area contributed by atoms with Crippen molar-refractivity contribution >= 4 is 34.8 Å². The van der Waals surface area contributed by atoms with Crippen molar-refractivity contribution < 1.29 is 32.6 Å². The van der Waals surface area contributed by atoms with Crippen molar-refractivity contribution in [2.45, 2.75) is 58.7 Å². The average molecular weight is 632 g/mol. The number of halogens is 2. The van der Waals surface area contributed by atoms with E-state index in [-0.39, 0.29) is 41.7 Å². The molecule has 46 heavy (non-hydrogen) atoms. The minimum atomic E-state index is -1.09. The van der Waals surface area contributed by atoms with E-state index in [9.17, 15) is 23.2 Å². The Morgan fingerprint density at radius 1 is 0.935 bits per heavy atom. The Balaban J connectivity index is 1.29. The number of nitrogens with two attached hydrogens (primary N) is 1. The highest BCUT2D eigenvalue weighted by Crippen LogP contribution is 2.32. The molecule has 0 atom stereocenters. The molecule has 5 rings (SSSR count). The predicted molar refractivity (Wildman–Crippen MR) is 167 cm³/mol. The maximum Gasteiger partial charge on any atom is 0.407 e. The van der Waals surface area contributed by atoms with Gasteiger partial charge in [-0.3, -0.25) is 9.59 Å². The zero-order chi connectivity index (χ0) is 32.6. The average Bonchev–Trinajstić information content (AvgIpc) is 3.49. The maximum absolute atomic E-state index is 14.5. The second-order valence-electron chi connectivity index (χ2n) is 11.0. The van der Waals surface area contributed by atoms with Crippen molar-refractivity contribution in [2.75, 3.05) is 18.9 Å². The van der Waals surface area contributed by atoms with Gasteiger partial charge in [0.25, 0.3) is 5.91 Å². The highest BCUT2D eigenvalue weighted by Gasteiger charge is 2.27. The fourth-order valence-corrected chi connectivity index (χ4v) is 5.26. The summed E-state index contributed by atoms with van der Waals surface area (Å²) < 4.78 is 39.3. The normalized spacial score (nSPS) is 12.2. The summed E-state index contributed by atoms with van der Waals surface area (Å²) in [7, 11) is 0. The largest absolute Gasteiger partial charge is 0.461 e. The lowest BCUT2D eigenvalue weighted by atomic mass is 9.97. The van der Waals surface area contributed by atoms with Crippen LogP contribution in [0.3, 0.4) is 0 Å². The summed E-state index contributed by atoms with van der Waals surface area (Å²) in [5.74, 6) is -3.10. The van der Waals surface area contributed by atoms with Crippen LogP contribution < -0.4 is 11.1 Å². The van der Waals surface area contributed by atoms with E-state index in [0.29, 0.717) is 55.5 Å². The third kappa shape index (κ3) is 7.74. The molecule has 0 fully saturated rings. The smallest absolute Gasteiger partial charge is 0.407 e. The molecule has 0 spiro atoms. The summed E-state index contributed by atoms with van der Waals surface area (Å²) in [6.45, 7) is 3.23. The molecule has 1 aliphatic rings. The van der Waals surface area contributed by atoms with Crippen molar-refractivity contribution in [1.29, 1.82) is 0 Å². The third-order valence-corrected chi connectivity index (χ3v) is 7.70. The number of unbranched alkanes of at least 4 members (excludes halogenated alkanes) is 2. The van der Waals surface area contributed by atoms with Crippen molar-refractivity contribution in [3.8, 4) is 11.1 Å². The number of hydrogen-bond acceptors (Lipinski definition) is 8. The van der Waals surface area contributed by atoms with E-state index in [1.54, 1.807) is 23.1 Å². The molecule has 240 valence electrons. The van der Waals surface area contributed by atoms with Crippen LogP contribution in [0.15, 0.2) is 54.6 Å². The molecule has 0 saturated heterocycles. The Morgan fingerprint density at radius 3 is 2.41 bits per heavy atom.